The molecule has 5 heteroatoms. The maximum Gasteiger partial charge on any atom is 0.407 e. The first-order valence-corrected chi connectivity index (χ1v) is 6.89. The first kappa shape index (κ1) is 15.8. The van der Waals surface area contributed by atoms with Gasteiger partial charge in [-0.05, 0) is 46.5 Å². The Labute approximate surface area is 115 Å². The van der Waals surface area contributed by atoms with Gasteiger partial charge in [-0.3, -0.25) is 4.79 Å². The summed E-state index contributed by atoms with van der Waals surface area (Å²) in [6, 6.07) is 0. The Bertz CT molecular complexity index is 327. The Kier molecular flexibility index (Phi) is 5.20. The largest absolute Gasteiger partial charge is 0.457 e. The van der Waals surface area contributed by atoms with E-state index < -0.39 is 17.3 Å². The van der Waals surface area contributed by atoms with E-state index in [4.69, 9.17) is 9.47 Å². The van der Waals surface area contributed by atoms with Crippen LogP contribution in [0, 0.1) is 0 Å². The molecule has 0 spiro atoms. The maximum absolute atomic E-state index is 11.7. The van der Waals surface area contributed by atoms with E-state index in [1.165, 1.54) is 6.92 Å². The minimum Gasteiger partial charge on any atom is -0.457 e. The summed E-state index contributed by atoms with van der Waals surface area (Å²) in [6.07, 6.45) is 4.30. The van der Waals surface area contributed by atoms with Crippen LogP contribution in [0.25, 0.3) is 0 Å². The molecule has 5 nitrogen and oxygen atoms in total. The summed E-state index contributed by atoms with van der Waals surface area (Å²) < 4.78 is 10.6. The van der Waals surface area contributed by atoms with Gasteiger partial charge < -0.3 is 14.8 Å². The fourth-order valence-electron chi connectivity index (χ4n) is 2.36. The minimum absolute atomic E-state index is 0.298. The second kappa shape index (κ2) is 6.26. The number of hydrogen-bond acceptors (Lipinski definition) is 4. The number of ether oxygens (including phenoxy) is 2. The van der Waals surface area contributed by atoms with Crippen molar-refractivity contribution in [3.05, 3.63) is 0 Å². The Morgan fingerprint density at radius 1 is 1.16 bits per heavy atom. The molecule has 0 atom stereocenters. The van der Waals surface area contributed by atoms with Crippen molar-refractivity contribution in [1.82, 2.24) is 5.32 Å². The van der Waals surface area contributed by atoms with Crippen LogP contribution >= 0.6 is 0 Å². The molecule has 0 aromatic carbocycles. The van der Waals surface area contributed by atoms with Gasteiger partial charge in [0, 0.05) is 6.92 Å². The molecule has 1 amide bonds. The summed E-state index contributed by atoms with van der Waals surface area (Å²) in [5, 5.41) is 2.72. The molecule has 19 heavy (non-hydrogen) atoms. The topological polar surface area (TPSA) is 64.6 Å². The quantitative estimate of drug-likeness (QED) is 0.802. The van der Waals surface area contributed by atoms with Gasteiger partial charge in [-0.1, -0.05) is 6.42 Å². The van der Waals surface area contributed by atoms with Gasteiger partial charge in [0.15, 0.2) is 0 Å². The van der Waals surface area contributed by atoms with Crippen LogP contribution < -0.4 is 5.32 Å². The highest BCUT2D eigenvalue weighted by Gasteiger charge is 2.36. The van der Waals surface area contributed by atoms with Crippen molar-refractivity contribution >= 4 is 12.1 Å². The highest BCUT2D eigenvalue weighted by atomic mass is 16.6. The Morgan fingerprint density at radius 2 is 1.74 bits per heavy atom. The monoisotopic (exact) mass is 271 g/mol. The normalized spacial score (nSPS) is 18.5. The molecule has 0 aliphatic heterocycles. The Morgan fingerprint density at radius 3 is 2.21 bits per heavy atom. The molecule has 0 heterocycles. The summed E-state index contributed by atoms with van der Waals surface area (Å²) in [5.41, 5.74) is -1.08. The molecular weight excluding hydrogens is 246 g/mol. The average Bonchev–Trinajstić information content (AvgIpc) is 2.24. The molecule has 0 aromatic heterocycles. The van der Waals surface area contributed by atoms with Crippen LogP contribution in [0.1, 0.15) is 59.8 Å². The van der Waals surface area contributed by atoms with Crippen molar-refractivity contribution in [1.29, 1.82) is 0 Å². The minimum atomic E-state index is -0.555. The zero-order valence-corrected chi connectivity index (χ0v) is 12.4. The zero-order valence-electron chi connectivity index (χ0n) is 12.4. The van der Waals surface area contributed by atoms with Gasteiger partial charge in [-0.15, -0.1) is 0 Å². The number of rotatable bonds is 3. The molecule has 110 valence electrons. The van der Waals surface area contributed by atoms with E-state index >= 15 is 0 Å². The average molecular weight is 271 g/mol. The number of alkyl carbamates (subject to hydrolysis) is 1. The lowest BCUT2D eigenvalue weighted by Gasteiger charge is -2.36. The number of esters is 1. The van der Waals surface area contributed by atoms with E-state index in [0.717, 1.165) is 32.1 Å². The van der Waals surface area contributed by atoms with Crippen molar-refractivity contribution in [2.24, 2.45) is 0 Å². The van der Waals surface area contributed by atoms with Gasteiger partial charge in [0.25, 0.3) is 0 Å². The van der Waals surface area contributed by atoms with Crippen molar-refractivity contribution < 1.29 is 19.1 Å². The van der Waals surface area contributed by atoms with Gasteiger partial charge in [-0.25, -0.2) is 4.79 Å². The van der Waals surface area contributed by atoms with Gasteiger partial charge >= 0.3 is 12.1 Å². The molecule has 0 radical (unpaired) electrons. The second-order valence-corrected chi connectivity index (χ2v) is 6.19. The van der Waals surface area contributed by atoms with Crippen LogP contribution in [0.3, 0.4) is 0 Å². The lowest BCUT2D eigenvalue weighted by atomic mass is 9.84. The summed E-state index contributed by atoms with van der Waals surface area (Å²) >= 11 is 0. The summed E-state index contributed by atoms with van der Waals surface area (Å²) in [5.74, 6) is -0.298. The van der Waals surface area contributed by atoms with Crippen LogP contribution in [0.15, 0.2) is 0 Å². The second-order valence-electron chi connectivity index (χ2n) is 6.19. The van der Waals surface area contributed by atoms with E-state index in [9.17, 15) is 9.59 Å². The van der Waals surface area contributed by atoms with E-state index in [1.807, 2.05) is 20.8 Å². The lowest BCUT2D eigenvalue weighted by Crippen LogP contribution is -2.48. The third-order valence-electron chi connectivity index (χ3n) is 3.08. The third-order valence-corrected chi connectivity index (χ3v) is 3.08. The zero-order chi connectivity index (χ0) is 14.5. The summed E-state index contributed by atoms with van der Waals surface area (Å²) in [4.78, 5) is 22.9. The molecule has 0 unspecified atom stereocenters. The maximum atomic E-state index is 11.7. The number of carbonyl (C=O) groups excluding carboxylic acids is 2. The molecule has 1 fully saturated rings. The van der Waals surface area contributed by atoms with Crippen molar-refractivity contribution in [2.75, 3.05) is 6.54 Å². The highest BCUT2D eigenvalue weighted by molar-refractivity contribution is 5.68. The van der Waals surface area contributed by atoms with Gasteiger partial charge in [0.2, 0.25) is 0 Å². The van der Waals surface area contributed by atoms with Crippen LogP contribution in [0.5, 0.6) is 0 Å². The lowest BCUT2D eigenvalue weighted by molar-refractivity contribution is -0.160. The van der Waals surface area contributed by atoms with Crippen molar-refractivity contribution in [3.8, 4) is 0 Å². The Hall–Kier alpha value is -1.26. The van der Waals surface area contributed by atoms with Crippen LogP contribution in [-0.4, -0.2) is 29.8 Å². The molecule has 0 bridgehead atoms. The van der Waals surface area contributed by atoms with E-state index in [1.54, 1.807) is 0 Å². The van der Waals surface area contributed by atoms with Gasteiger partial charge in [0.1, 0.15) is 11.2 Å². The molecule has 1 aliphatic carbocycles. The van der Waals surface area contributed by atoms with E-state index in [0.29, 0.717) is 6.54 Å². The molecule has 1 saturated carbocycles. The molecular formula is C14H25NO4. The third kappa shape index (κ3) is 5.94. The van der Waals surface area contributed by atoms with E-state index in [-0.39, 0.29) is 5.97 Å². The van der Waals surface area contributed by atoms with Gasteiger partial charge in [0.05, 0.1) is 6.54 Å². The molecule has 1 aliphatic rings. The predicted molar refractivity (Wildman–Crippen MR) is 71.8 cm³/mol. The fraction of sp³-hybridized carbons (Fsp3) is 0.857. The SMILES string of the molecule is CC(=O)OC1(CNC(=O)OC(C)(C)C)CCCCC1. The highest BCUT2D eigenvalue weighted by Crippen LogP contribution is 2.31. The molecule has 0 aromatic rings. The number of carbonyl (C=O) groups is 2. The van der Waals surface area contributed by atoms with Crippen LogP contribution in [0.2, 0.25) is 0 Å². The molecule has 0 saturated heterocycles. The van der Waals surface area contributed by atoms with E-state index in [2.05, 4.69) is 5.32 Å². The molecule has 1 N–H and O–H groups in total. The number of hydrogen-bond donors (Lipinski definition) is 1. The fourth-order valence-corrected chi connectivity index (χ4v) is 2.36. The van der Waals surface area contributed by atoms with Crippen molar-refractivity contribution in [3.63, 3.8) is 0 Å². The first-order valence-electron chi connectivity index (χ1n) is 6.89. The van der Waals surface area contributed by atoms with Gasteiger partial charge in [-0.2, -0.15) is 0 Å². The van der Waals surface area contributed by atoms with Crippen LogP contribution in [-0.2, 0) is 14.3 Å². The predicted octanol–water partition coefficient (Wildman–Crippen LogP) is 2.78. The summed E-state index contributed by atoms with van der Waals surface area (Å²) in [6.45, 7) is 7.17. The van der Waals surface area contributed by atoms with Crippen molar-refractivity contribution in [2.45, 2.75) is 71.0 Å². The number of nitrogens with one attached hydrogen (secondary N) is 1. The smallest absolute Gasteiger partial charge is 0.407 e. The first-order chi connectivity index (χ1) is 8.72. The Balaban J connectivity index is 2.53. The standard InChI is InChI=1S/C14H25NO4/c1-11(16)18-14(8-6-5-7-9-14)10-15-12(17)19-13(2,3)4/h5-10H2,1-4H3,(H,15,17). The number of amides is 1. The van der Waals surface area contributed by atoms with Crippen LogP contribution in [0.4, 0.5) is 4.79 Å². The summed E-state index contributed by atoms with van der Waals surface area (Å²) in [7, 11) is 0. The molecule has 1 rings (SSSR count).